The Hall–Kier alpha value is -3.00. The monoisotopic (exact) mass is 394 g/mol. The first kappa shape index (κ1) is 19.3. The number of phenolic OH excluding ortho intramolecular Hbond substituents is 1. The van der Waals surface area contributed by atoms with Gasteiger partial charge >= 0.3 is 6.01 Å². The maximum absolute atomic E-state index is 10.4. The number of ether oxygens (including phenoxy) is 1. The van der Waals surface area contributed by atoms with Gasteiger partial charge in [0, 0.05) is 29.4 Å². The number of H-pyrrole nitrogens is 1. The van der Waals surface area contributed by atoms with Crippen molar-refractivity contribution in [2.45, 2.75) is 57.7 Å². The van der Waals surface area contributed by atoms with Gasteiger partial charge in [-0.1, -0.05) is 25.0 Å². The van der Waals surface area contributed by atoms with Gasteiger partial charge in [0.05, 0.1) is 12.4 Å². The Morgan fingerprint density at radius 1 is 1.07 bits per heavy atom. The molecule has 8 heteroatoms. The molecule has 29 heavy (non-hydrogen) atoms. The largest absolute Gasteiger partial charge is 0.507 e. The van der Waals surface area contributed by atoms with Crippen LogP contribution in [0.3, 0.4) is 0 Å². The third-order valence-electron chi connectivity index (χ3n) is 5.47. The fourth-order valence-corrected chi connectivity index (χ4v) is 3.79. The van der Waals surface area contributed by atoms with Crippen molar-refractivity contribution in [3.05, 3.63) is 36.8 Å². The summed E-state index contributed by atoms with van der Waals surface area (Å²) in [5.41, 5.74) is 2.83. The Morgan fingerprint density at radius 3 is 2.45 bits per heavy atom. The van der Waals surface area contributed by atoms with Gasteiger partial charge in [0.1, 0.15) is 17.5 Å². The first-order valence-electron chi connectivity index (χ1n) is 10.1. The predicted octanol–water partition coefficient (Wildman–Crippen LogP) is 3.32. The number of nitrogens with one attached hydrogen (secondary N) is 2. The molecule has 1 aliphatic rings. The van der Waals surface area contributed by atoms with Crippen LogP contribution in [0.25, 0.3) is 22.4 Å². The van der Waals surface area contributed by atoms with Crippen molar-refractivity contribution in [1.82, 2.24) is 30.7 Å². The van der Waals surface area contributed by atoms with Gasteiger partial charge < -0.3 is 15.2 Å². The molecule has 0 saturated carbocycles. The van der Waals surface area contributed by atoms with Gasteiger partial charge in [-0.2, -0.15) is 5.10 Å². The van der Waals surface area contributed by atoms with E-state index in [9.17, 15) is 5.11 Å². The predicted molar refractivity (Wildman–Crippen MR) is 109 cm³/mol. The maximum atomic E-state index is 10.4. The van der Waals surface area contributed by atoms with Crippen molar-refractivity contribution in [3.8, 4) is 34.1 Å². The Kier molecular flexibility index (Phi) is 5.71. The molecule has 1 aliphatic heterocycles. The Labute approximate surface area is 169 Å². The van der Waals surface area contributed by atoms with Crippen LogP contribution in [0.5, 0.6) is 11.8 Å². The molecule has 0 bridgehead atoms. The number of hydrogen-bond acceptors (Lipinski definition) is 7. The number of benzene rings is 1. The molecular formula is C21H26N6O2. The molecule has 1 aromatic carbocycles. The summed E-state index contributed by atoms with van der Waals surface area (Å²) in [6.45, 7) is 4.37. The van der Waals surface area contributed by atoms with E-state index in [-0.39, 0.29) is 17.9 Å². The van der Waals surface area contributed by atoms with Gasteiger partial charge in [0.15, 0.2) is 0 Å². The molecule has 1 unspecified atom stereocenters. The van der Waals surface area contributed by atoms with Gasteiger partial charge in [-0.15, -0.1) is 5.10 Å². The Bertz CT molecular complexity index is 917. The minimum atomic E-state index is 0.0847. The second-order valence-electron chi connectivity index (χ2n) is 7.43. The molecule has 0 spiro atoms. The second-order valence-corrected chi connectivity index (χ2v) is 7.43. The third kappa shape index (κ3) is 4.37. The highest BCUT2D eigenvalue weighted by Crippen LogP contribution is 2.32. The highest BCUT2D eigenvalue weighted by atomic mass is 16.5. The number of aromatic hydroxyl groups is 1. The molecule has 3 aromatic rings. The maximum Gasteiger partial charge on any atom is 0.335 e. The van der Waals surface area contributed by atoms with Crippen LogP contribution in [0.1, 0.15) is 39.5 Å². The second kappa shape index (κ2) is 8.57. The van der Waals surface area contributed by atoms with Crippen molar-refractivity contribution in [1.29, 1.82) is 0 Å². The number of hydrogen-bond donors (Lipinski definition) is 3. The van der Waals surface area contributed by atoms with Crippen molar-refractivity contribution in [2.75, 3.05) is 0 Å². The summed E-state index contributed by atoms with van der Waals surface area (Å²) < 4.78 is 6.01. The fraction of sp³-hybridized carbons (Fsp3) is 0.429. The summed E-state index contributed by atoms with van der Waals surface area (Å²) in [5.74, 6) is 0.114. The van der Waals surface area contributed by atoms with Gasteiger partial charge in [-0.25, -0.2) is 4.98 Å². The zero-order chi connectivity index (χ0) is 20.2. The van der Waals surface area contributed by atoms with Crippen LogP contribution >= 0.6 is 0 Å². The highest BCUT2D eigenvalue weighted by Gasteiger charge is 2.28. The average molecular weight is 394 g/mol. The van der Waals surface area contributed by atoms with E-state index < -0.39 is 0 Å². The van der Waals surface area contributed by atoms with Crippen LogP contribution in [-0.4, -0.2) is 48.7 Å². The quantitative estimate of drug-likeness (QED) is 0.588. The standard InChI is InChI=1S/C21H26N6O2/c1-3-15-8-17(9-16(4-2)25-15)29-21-22-12-19(26-27-21)18-6-5-13(7-20(18)28)14-10-23-24-11-14/h5-7,10-12,15-17,25,28H,3-4,8-9H2,1-2H3,(H,23,24)/t15-,16+,17?. The van der Waals surface area contributed by atoms with E-state index in [1.807, 2.05) is 6.07 Å². The van der Waals surface area contributed by atoms with Crippen molar-refractivity contribution < 1.29 is 9.84 Å². The van der Waals surface area contributed by atoms with Crippen molar-refractivity contribution in [3.63, 3.8) is 0 Å². The molecule has 3 atom stereocenters. The Balaban J connectivity index is 1.46. The van der Waals surface area contributed by atoms with E-state index in [2.05, 4.69) is 44.5 Å². The molecule has 3 N–H and O–H groups in total. The van der Waals surface area contributed by atoms with Gasteiger partial charge in [-0.05, 0) is 43.4 Å². The zero-order valence-corrected chi connectivity index (χ0v) is 16.7. The van der Waals surface area contributed by atoms with E-state index in [0.29, 0.717) is 23.3 Å². The van der Waals surface area contributed by atoms with Crippen LogP contribution < -0.4 is 10.1 Å². The lowest BCUT2D eigenvalue weighted by atomic mass is 9.93. The molecule has 1 fully saturated rings. The molecule has 152 valence electrons. The topological polar surface area (TPSA) is 109 Å². The minimum absolute atomic E-state index is 0.0847. The molecule has 0 amide bonds. The number of nitrogens with zero attached hydrogens (tertiary/aromatic N) is 4. The fourth-order valence-electron chi connectivity index (χ4n) is 3.79. The first-order chi connectivity index (χ1) is 14.2. The van der Waals surface area contributed by atoms with Gasteiger partial charge in [0.2, 0.25) is 0 Å². The van der Waals surface area contributed by atoms with E-state index in [0.717, 1.165) is 36.8 Å². The lowest BCUT2D eigenvalue weighted by Crippen LogP contribution is -2.48. The van der Waals surface area contributed by atoms with Crippen molar-refractivity contribution in [2.24, 2.45) is 0 Å². The molecule has 2 aromatic heterocycles. The average Bonchev–Trinajstić information content (AvgIpc) is 3.29. The molecule has 8 nitrogen and oxygen atoms in total. The van der Waals surface area contributed by atoms with E-state index in [4.69, 9.17) is 4.74 Å². The van der Waals surface area contributed by atoms with Crippen LogP contribution in [0, 0.1) is 0 Å². The van der Waals surface area contributed by atoms with Gasteiger partial charge in [0.25, 0.3) is 0 Å². The molecule has 3 heterocycles. The SMILES string of the molecule is CC[C@@H]1CC(Oc2ncc(-c3ccc(-c4cn[nH]c4)cc3O)nn2)C[C@H](CC)N1. The smallest absolute Gasteiger partial charge is 0.335 e. The van der Waals surface area contributed by atoms with Crippen LogP contribution in [0.4, 0.5) is 0 Å². The zero-order valence-electron chi connectivity index (χ0n) is 16.7. The summed E-state index contributed by atoms with van der Waals surface area (Å²) in [6.07, 6.45) is 9.17. The molecular weight excluding hydrogens is 368 g/mol. The number of phenols is 1. The lowest BCUT2D eigenvalue weighted by molar-refractivity contribution is 0.102. The van der Waals surface area contributed by atoms with Crippen molar-refractivity contribution >= 4 is 0 Å². The van der Waals surface area contributed by atoms with Crippen LogP contribution in [-0.2, 0) is 0 Å². The number of aromatic nitrogens is 5. The van der Waals surface area contributed by atoms with Gasteiger partial charge in [-0.3, -0.25) is 5.10 Å². The molecule has 1 saturated heterocycles. The summed E-state index contributed by atoms with van der Waals surface area (Å²) >= 11 is 0. The number of rotatable bonds is 6. The lowest BCUT2D eigenvalue weighted by Gasteiger charge is -2.35. The number of piperidine rings is 1. The van der Waals surface area contributed by atoms with E-state index >= 15 is 0 Å². The summed E-state index contributed by atoms with van der Waals surface area (Å²) in [7, 11) is 0. The van der Waals surface area contributed by atoms with E-state index in [1.54, 1.807) is 30.7 Å². The Morgan fingerprint density at radius 2 is 1.86 bits per heavy atom. The summed E-state index contributed by atoms with van der Waals surface area (Å²) in [5, 5.41) is 29.1. The first-order valence-corrected chi connectivity index (χ1v) is 10.1. The summed E-state index contributed by atoms with van der Waals surface area (Å²) in [4.78, 5) is 4.32. The number of aromatic amines is 1. The minimum Gasteiger partial charge on any atom is -0.507 e. The third-order valence-corrected chi connectivity index (χ3v) is 5.47. The molecule has 0 radical (unpaired) electrons. The highest BCUT2D eigenvalue weighted by molar-refractivity contribution is 5.73. The normalized spacial score (nSPS) is 21.8. The molecule has 0 aliphatic carbocycles. The molecule has 4 rings (SSSR count). The van der Waals surface area contributed by atoms with Crippen LogP contribution in [0.15, 0.2) is 36.8 Å². The van der Waals surface area contributed by atoms with Crippen LogP contribution in [0.2, 0.25) is 0 Å². The van der Waals surface area contributed by atoms with E-state index in [1.165, 1.54) is 0 Å². The summed E-state index contributed by atoms with van der Waals surface area (Å²) in [6, 6.07) is 6.57.